The van der Waals surface area contributed by atoms with Crippen LogP contribution in [0.5, 0.6) is 0 Å². The summed E-state index contributed by atoms with van der Waals surface area (Å²) in [5, 5.41) is 12.8. The van der Waals surface area contributed by atoms with Gasteiger partial charge in [-0.2, -0.15) is 0 Å². The standard InChI is InChI=1S/C17H15F2NO4S2/c18-14-6-12(7-15(19)8-14)10-26(22,23)20-11-17(21,13-3-4-24-9-13)16-2-1-5-25-16/h1-9,20-21H,10-11H2. The summed E-state index contributed by atoms with van der Waals surface area (Å²) in [5.41, 5.74) is -1.26. The largest absolute Gasteiger partial charge is 0.472 e. The minimum atomic E-state index is -3.95. The Labute approximate surface area is 153 Å². The van der Waals surface area contributed by atoms with Crippen molar-refractivity contribution in [1.29, 1.82) is 0 Å². The van der Waals surface area contributed by atoms with Gasteiger partial charge in [0.1, 0.15) is 17.2 Å². The van der Waals surface area contributed by atoms with E-state index in [1.165, 1.54) is 29.9 Å². The molecule has 138 valence electrons. The lowest BCUT2D eigenvalue weighted by atomic mass is 9.95. The van der Waals surface area contributed by atoms with Gasteiger partial charge in [-0.15, -0.1) is 11.3 Å². The van der Waals surface area contributed by atoms with Gasteiger partial charge in [0.2, 0.25) is 10.0 Å². The second-order valence-electron chi connectivity index (χ2n) is 5.71. The number of rotatable bonds is 7. The van der Waals surface area contributed by atoms with Crippen molar-refractivity contribution >= 4 is 21.4 Å². The van der Waals surface area contributed by atoms with E-state index in [9.17, 15) is 22.3 Å². The summed E-state index contributed by atoms with van der Waals surface area (Å²) in [6.07, 6.45) is 2.70. The minimum Gasteiger partial charge on any atom is -0.472 e. The third-order valence-electron chi connectivity index (χ3n) is 3.75. The Morgan fingerprint density at radius 1 is 1.19 bits per heavy atom. The Balaban J connectivity index is 1.80. The minimum absolute atomic E-state index is 0.0297. The Morgan fingerprint density at radius 3 is 2.50 bits per heavy atom. The quantitative estimate of drug-likeness (QED) is 0.640. The normalized spacial score (nSPS) is 14.3. The maximum Gasteiger partial charge on any atom is 0.215 e. The van der Waals surface area contributed by atoms with E-state index in [4.69, 9.17) is 4.42 Å². The van der Waals surface area contributed by atoms with Crippen LogP contribution in [0, 0.1) is 11.6 Å². The number of nitrogens with one attached hydrogen (secondary N) is 1. The van der Waals surface area contributed by atoms with Gasteiger partial charge in [0.15, 0.2) is 0 Å². The molecule has 9 heteroatoms. The zero-order chi connectivity index (χ0) is 18.8. The van der Waals surface area contributed by atoms with Crippen LogP contribution in [0.4, 0.5) is 8.78 Å². The van der Waals surface area contributed by atoms with E-state index in [-0.39, 0.29) is 12.1 Å². The van der Waals surface area contributed by atoms with Crippen LogP contribution in [0.2, 0.25) is 0 Å². The molecular formula is C17H15F2NO4S2. The molecule has 0 radical (unpaired) electrons. The van der Waals surface area contributed by atoms with E-state index < -0.39 is 33.0 Å². The predicted molar refractivity (Wildman–Crippen MR) is 93.0 cm³/mol. The van der Waals surface area contributed by atoms with Crippen molar-refractivity contribution in [2.24, 2.45) is 0 Å². The zero-order valence-electron chi connectivity index (χ0n) is 13.4. The van der Waals surface area contributed by atoms with E-state index in [1.54, 1.807) is 17.5 Å². The van der Waals surface area contributed by atoms with Crippen molar-refractivity contribution in [2.75, 3.05) is 6.54 Å². The summed E-state index contributed by atoms with van der Waals surface area (Å²) in [5.74, 6) is -2.33. The summed E-state index contributed by atoms with van der Waals surface area (Å²) >= 11 is 1.26. The van der Waals surface area contributed by atoms with Gasteiger partial charge < -0.3 is 9.52 Å². The highest BCUT2D eigenvalue weighted by Gasteiger charge is 2.35. The highest BCUT2D eigenvalue weighted by atomic mass is 32.2. The molecule has 26 heavy (non-hydrogen) atoms. The molecule has 0 spiro atoms. The van der Waals surface area contributed by atoms with Crippen molar-refractivity contribution in [3.05, 3.63) is 81.9 Å². The van der Waals surface area contributed by atoms with E-state index in [2.05, 4.69) is 4.72 Å². The van der Waals surface area contributed by atoms with Gasteiger partial charge in [-0.25, -0.2) is 21.9 Å². The van der Waals surface area contributed by atoms with Crippen molar-refractivity contribution in [3.63, 3.8) is 0 Å². The van der Waals surface area contributed by atoms with Crippen LogP contribution in [0.3, 0.4) is 0 Å². The molecule has 1 unspecified atom stereocenters. The second kappa shape index (κ2) is 7.28. The van der Waals surface area contributed by atoms with Crippen molar-refractivity contribution in [2.45, 2.75) is 11.4 Å². The number of thiophene rings is 1. The lowest BCUT2D eigenvalue weighted by molar-refractivity contribution is 0.0891. The van der Waals surface area contributed by atoms with Crippen molar-refractivity contribution in [1.82, 2.24) is 4.72 Å². The van der Waals surface area contributed by atoms with Crippen LogP contribution in [-0.2, 0) is 21.4 Å². The number of sulfonamides is 1. The van der Waals surface area contributed by atoms with Gasteiger partial charge >= 0.3 is 0 Å². The van der Waals surface area contributed by atoms with Crippen LogP contribution in [0.1, 0.15) is 16.0 Å². The average molecular weight is 399 g/mol. The molecule has 5 nitrogen and oxygen atoms in total. The molecule has 0 amide bonds. The lowest BCUT2D eigenvalue weighted by Gasteiger charge is -2.26. The van der Waals surface area contributed by atoms with Gasteiger partial charge in [0, 0.05) is 23.1 Å². The Bertz CT molecular complexity index is 916. The van der Waals surface area contributed by atoms with Crippen molar-refractivity contribution in [3.8, 4) is 0 Å². The van der Waals surface area contributed by atoms with Crippen LogP contribution >= 0.6 is 11.3 Å². The molecule has 0 aliphatic heterocycles. The first-order chi connectivity index (χ1) is 12.3. The molecule has 2 heterocycles. The fourth-order valence-corrected chi connectivity index (χ4v) is 4.51. The highest BCUT2D eigenvalue weighted by Crippen LogP contribution is 2.32. The summed E-state index contributed by atoms with van der Waals surface area (Å²) in [4.78, 5) is 0.526. The van der Waals surface area contributed by atoms with Crippen molar-refractivity contribution < 1.29 is 26.7 Å². The maximum atomic E-state index is 13.2. The van der Waals surface area contributed by atoms with Gasteiger partial charge in [0.25, 0.3) is 0 Å². The fourth-order valence-electron chi connectivity index (χ4n) is 2.52. The third-order valence-corrected chi connectivity index (χ3v) is 6.07. The number of hydrogen-bond acceptors (Lipinski definition) is 5. The smallest absolute Gasteiger partial charge is 0.215 e. The first-order valence-corrected chi connectivity index (χ1v) is 10.0. The Kier molecular flexibility index (Phi) is 5.24. The SMILES string of the molecule is O=S(=O)(Cc1cc(F)cc(F)c1)NCC(O)(c1ccoc1)c1cccs1. The highest BCUT2D eigenvalue weighted by molar-refractivity contribution is 7.88. The summed E-state index contributed by atoms with van der Waals surface area (Å²) in [7, 11) is -3.95. The first-order valence-electron chi connectivity index (χ1n) is 7.50. The molecule has 0 saturated carbocycles. The monoisotopic (exact) mass is 399 g/mol. The fraction of sp³-hybridized carbons (Fsp3) is 0.176. The molecule has 0 aliphatic carbocycles. The van der Waals surface area contributed by atoms with Crippen LogP contribution in [0.25, 0.3) is 0 Å². The number of hydrogen-bond donors (Lipinski definition) is 2. The van der Waals surface area contributed by atoms with Gasteiger partial charge in [-0.3, -0.25) is 0 Å². The Morgan fingerprint density at radius 2 is 1.92 bits per heavy atom. The molecule has 2 aromatic heterocycles. The van der Waals surface area contributed by atoms with Gasteiger partial charge in [-0.1, -0.05) is 6.07 Å². The third kappa shape index (κ3) is 4.18. The van der Waals surface area contributed by atoms with Crippen LogP contribution in [0.15, 0.2) is 58.7 Å². The summed E-state index contributed by atoms with van der Waals surface area (Å²) in [6, 6.07) is 7.50. The molecule has 0 fully saturated rings. The van der Waals surface area contributed by atoms with Gasteiger partial charge in [0.05, 0.1) is 18.3 Å². The van der Waals surface area contributed by atoms with E-state index in [0.29, 0.717) is 16.5 Å². The molecular weight excluding hydrogens is 384 g/mol. The van der Waals surface area contributed by atoms with Gasteiger partial charge in [-0.05, 0) is 35.2 Å². The molecule has 2 N–H and O–H groups in total. The summed E-state index contributed by atoms with van der Waals surface area (Å²) < 4.78 is 58.4. The van der Waals surface area contributed by atoms with Crippen LogP contribution < -0.4 is 4.72 Å². The molecule has 0 aliphatic rings. The number of aliphatic hydroxyl groups is 1. The topological polar surface area (TPSA) is 79.5 Å². The zero-order valence-corrected chi connectivity index (χ0v) is 15.0. The van der Waals surface area contributed by atoms with E-state index in [0.717, 1.165) is 12.1 Å². The number of benzene rings is 1. The first kappa shape index (κ1) is 18.7. The molecule has 3 aromatic rings. The molecule has 0 saturated heterocycles. The van der Waals surface area contributed by atoms with Crippen LogP contribution in [-0.4, -0.2) is 20.1 Å². The lowest BCUT2D eigenvalue weighted by Crippen LogP contribution is -2.41. The maximum absolute atomic E-state index is 13.2. The second-order valence-corrected chi connectivity index (χ2v) is 8.46. The molecule has 1 aromatic carbocycles. The Hall–Kier alpha value is -2.07. The van der Waals surface area contributed by atoms with E-state index in [1.807, 2.05) is 0 Å². The number of halogens is 2. The predicted octanol–water partition coefficient (Wildman–Crippen LogP) is 2.97. The summed E-state index contributed by atoms with van der Waals surface area (Å²) in [6.45, 7) is -0.354. The molecule has 0 bridgehead atoms. The van der Waals surface area contributed by atoms with E-state index >= 15 is 0 Å². The molecule has 1 atom stereocenters. The number of furan rings is 1. The molecule has 3 rings (SSSR count). The average Bonchev–Trinajstić information content (AvgIpc) is 3.25.